The summed E-state index contributed by atoms with van der Waals surface area (Å²) in [5, 5.41) is 28.7. The van der Waals surface area contributed by atoms with Gasteiger partial charge in [-0.3, -0.25) is 19.6 Å². The molecular formula is C24H27F3N8O9S2. The van der Waals surface area contributed by atoms with Crippen LogP contribution in [0.5, 0.6) is 5.75 Å². The number of aliphatic carboxylic acids is 1. The topological polar surface area (TPSA) is 259 Å². The minimum Gasteiger partial charge on any atom is -0.489 e. The highest BCUT2D eigenvalue weighted by molar-refractivity contribution is 7.84. The number of carboxylic acid groups (broad SMARTS) is 1. The summed E-state index contributed by atoms with van der Waals surface area (Å²) in [4.78, 5) is 44.1. The summed E-state index contributed by atoms with van der Waals surface area (Å²) in [7, 11) is -4.99. The van der Waals surface area contributed by atoms with Crippen molar-refractivity contribution >= 4 is 56.1 Å². The van der Waals surface area contributed by atoms with Crippen molar-refractivity contribution in [2.75, 3.05) is 25.4 Å². The van der Waals surface area contributed by atoms with Crippen molar-refractivity contribution in [2.45, 2.75) is 43.8 Å². The third-order valence-corrected chi connectivity index (χ3v) is 8.65. The van der Waals surface area contributed by atoms with E-state index in [1.54, 1.807) is 12.1 Å². The van der Waals surface area contributed by atoms with Crippen LogP contribution in [0.4, 0.5) is 18.3 Å². The van der Waals surface area contributed by atoms with Gasteiger partial charge < -0.3 is 36.4 Å². The Hall–Kier alpha value is -4.54. The number of aromatic nitrogens is 1. The van der Waals surface area contributed by atoms with Crippen LogP contribution in [0.2, 0.25) is 0 Å². The third kappa shape index (κ3) is 7.81. The molecule has 0 bridgehead atoms. The highest BCUT2D eigenvalue weighted by atomic mass is 32.2. The number of anilines is 1. The molecule has 46 heavy (non-hydrogen) atoms. The smallest absolute Gasteiger partial charge is 0.427 e. The number of nitrogen functional groups attached to an aromatic ring is 1. The Morgan fingerprint density at radius 2 is 1.98 bits per heavy atom. The number of hydrogen-bond acceptors (Lipinski definition) is 13. The van der Waals surface area contributed by atoms with Gasteiger partial charge in [-0.05, 0) is 44.2 Å². The Kier molecular flexibility index (Phi) is 10.0. The SMILES string of the molecule is C[C@@H]1[C@H](NC(=O)C(=NOC(COc2ccc(C(=N)NC3CCNC3)cc2)C(=O)O)c2nc(N)sc2C(F)(F)F)C(=O)N1S(=O)(=O)O. The molecule has 4 rings (SSSR count). The molecule has 0 saturated carbocycles. The molecule has 2 aliphatic rings. The molecule has 17 nitrogen and oxygen atoms in total. The Morgan fingerprint density at radius 3 is 2.52 bits per heavy atom. The molecule has 1 aromatic heterocycles. The number of amides is 2. The van der Waals surface area contributed by atoms with Gasteiger partial charge in [0.05, 0.1) is 6.04 Å². The van der Waals surface area contributed by atoms with Gasteiger partial charge in [-0.15, -0.1) is 0 Å². The van der Waals surface area contributed by atoms with Gasteiger partial charge in [-0.2, -0.15) is 21.6 Å². The van der Waals surface area contributed by atoms with Crippen molar-refractivity contribution < 1.29 is 55.2 Å². The van der Waals surface area contributed by atoms with E-state index in [2.05, 4.69) is 20.8 Å². The van der Waals surface area contributed by atoms with Gasteiger partial charge in [-0.1, -0.05) is 16.5 Å². The number of carbonyl (C=O) groups excluding carboxylic acids is 2. The Bertz CT molecular complexity index is 1640. The number of carboxylic acids is 1. The number of benzene rings is 1. The average molecular weight is 693 g/mol. The molecule has 4 atom stereocenters. The van der Waals surface area contributed by atoms with E-state index in [4.69, 9.17) is 25.3 Å². The first-order valence-corrected chi connectivity index (χ1v) is 15.4. The zero-order chi connectivity index (χ0) is 34.0. The maximum atomic E-state index is 13.7. The second-order valence-electron chi connectivity index (χ2n) is 9.95. The second-order valence-corrected chi connectivity index (χ2v) is 12.3. The van der Waals surface area contributed by atoms with Crippen LogP contribution in [0.25, 0.3) is 0 Å². The summed E-state index contributed by atoms with van der Waals surface area (Å²) in [6.45, 7) is 1.91. The van der Waals surface area contributed by atoms with Crippen LogP contribution in [-0.4, -0.2) is 101 Å². The van der Waals surface area contributed by atoms with E-state index in [0.29, 0.717) is 12.1 Å². The molecule has 2 aromatic rings. The number of nitrogens with two attached hydrogens (primary N) is 1. The lowest BCUT2D eigenvalue weighted by atomic mass is 10.0. The maximum absolute atomic E-state index is 13.7. The minimum atomic E-state index is -5.10. The van der Waals surface area contributed by atoms with Crippen molar-refractivity contribution in [1.82, 2.24) is 25.2 Å². The van der Waals surface area contributed by atoms with Crippen LogP contribution in [0.15, 0.2) is 29.4 Å². The van der Waals surface area contributed by atoms with E-state index in [1.807, 2.05) is 5.32 Å². The normalized spacial score (nSPS) is 20.9. The molecule has 250 valence electrons. The van der Waals surface area contributed by atoms with Gasteiger partial charge in [0.1, 0.15) is 34.8 Å². The number of halogens is 3. The maximum Gasteiger partial charge on any atom is 0.427 e. The highest BCUT2D eigenvalue weighted by Crippen LogP contribution is 2.38. The number of rotatable bonds is 12. The highest BCUT2D eigenvalue weighted by Gasteiger charge is 2.52. The number of β-lactam (4-membered cyclic amide) rings is 1. The number of hydrogen-bond donors (Lipinski definition) is 7. The van der Waals surface area contributed by atoms with Crippen LogP contribution < -0.4 is 26.4 Å². The molecule has 1 aromatic carbocycles. The fourth-order valence-corrected chi connectivity index (χ4v) is 6.00. The predicted molar refractivity (Wildman–Crippen MR) is 154 cm³/mol. The minimum absolute atomic E-state index is 0.0318. The zero-order valence-corrected chi connectivity index (χ0v) is 25.2. The molecule has 2 amide bonds. The third-order valence-electron chi connectivity index (χ3n) is 6.71. The first-order valence-electron chi connectivity index (χ1n) is 13.2. The second kappa shape index (κ2) is 13.4. The van der Waals surface area contributed by atoms with Gasteiger partial charge >= 0.3 is 22.4 Å². The number of nitrogens with one attached hydrogen (secondary N) is 4. The number of ether oxygens (including phenoxy) is 1. The number of carbonyl (C=O) groups is 3. The van der Waals surface area contributed by atoms with Crippen molar-refractivity contribution in [1.29, 1.82) is 5.41 Å². The van der Waals surface area contributed by atoms with Gasteiger partial charge in [0, 0.05) is 18.2 Å². The predicted octanol–water partition coefficient (Wildman–Crippen LogP) is -0.208. The summed E-state index contributed by atoms with van der Waals surface area (Å²) < 4.78 is 78.6. The number of thiazole rings is 1. The molecule has 0 radical (unpaired) electrons. The molecule has 2 fully saturated rings. The fourth-order valence-electron chi connectivity index (χ4n) is 4.41. The molecule has 0 spiro atoms. The molecule has 22 heteroatoms. The molecule has 2 aliphatic heterocycles. The molecule has 8 N–H and O–H groups in total. The number of nitrogens with zero attached hydrogens (tertiary/aromatic N) is 3. The Morgan fingerprint density at radius 1 is 1.30 bits per heavy atom. The Labute approximate surface area is 262 Å². The summed E-state index contributed by atoms with van der Waals surface area (Å²) >= 11 is -0.0556. The van der Waals surface area contributed by atoms with Crippen molar-refractivity contribution in [3.63, 3.8) is 0 Å². The lowest BCUT2D eigenvalue weighted by Gasteiger charge is -2.42. The molecule has 2 unspecified atom stereocenters. The van der Waals surface area contributed by atoms with E-state index in [-0.39, 0.29) is 33.3 Å². The van der Waals surface area contributed by atoms with Crippen LogP contribution in [0.3, 0.4) is 0 Å². The Balaban J connectivity index is 1.51. The summed E-state index contributed by atoms with van der Waals surface area (Å²) in [5.74, 6) is -4.21. The van der Waals surface area contributed by atoms with Crippen LogP contribution in [-0.2, 0) is 35.7 Å². The molecule has 0 aliphatic carbocycles. The number of oxime groups is 1. The van der Waals surface area contributed by atoms with Crippen molar-refractivity contribution in [3.05, 3.63) is 40.4 Å². The summed E-state index contributed by atoms with van der Waals surface area (Å²) in [6, 6.07) is 3.10. The first-order chi connectivity index (χ1) is 21.5. The van der Waals surface area contributed by atoms with Gasteiger partial charge in [0.2, 0.25) is 0 Å². The van der Waals surface area contributed by atoms with Crippen LogP contribution in [0.1, 0.15) is 29.5 Å². The largest absolute Gasteiger partial charge is 0.489 e. The lowest BCUT2D eigenvalue weighted by Crippen LogP contribution is -2.71. The van der Waals surface area contributed by atoms with E-state index in [1.165, 1.54) is 12.1 Å². The first kappa shape index (κ1) is 34.3. The van der Waals surface area contributed by atoms with Gasteiger partial charge in [-0.25, -0.2) is 14.1 Å². The van der Waals surface area contributed by atoms with E-state index < -0.39 is 80.5 Å². The average Bonchev–Trinajstić information content (AvgIpc) is 3.62. The molecular weight excluding hydrogens is 665 g/mol. The molecule has 2 saturated heterocycles. The number of alkyl halides is 3. The quantitative estimate of drug-likeness (QED) is 0.0500. The monoisotopic (exact) mass is 692 g/mol. The van der Waals surface area contributed by atoms with Gasteiger partial charge in [0.25, 0.3) is 17.9 Å². The standard InChI is InChI=1S/C24H27F3N8O9S2/c1-10-15(21(37)35(10)46(40,41)42)32-20(36)17(16-18(24(25,26)27)45-23(29)33-16)34-44-14(22(38)39)9-43-13-4-2-11(3-5-13)19(28)31-12-6-7-30-8-12/h2-5,10,12,14-15,30H,6-9H2,1H3,(H2,28,31)(H2,29,33)(H,32,36)(H,38,39)(H,40,41,42)/t10-,12?,14?,15+/m1/s1. The van der Waals surface area contributed by atoms with Crippen molar-refractivity contribution in [3.8, 4) is 5.75 Å². The fraction of sp³-hybridized carbons (Fsp3) is 0.417. The van der Waals surface area contributed by atoms with Crippen LogP contribution in [0, 0.1) is 5.41 Å². The number of amidine groups is 1. The van der Waals surface area contributed by atoms with E-state index in [0.717, 1.165) is 19.9 Å². The van der Waals surface area contributed by atoms with E-state index in [9.17, 15) is 41.1 Å². The lowest BCUT2D eigenvalue weighted by molar-refractivity contribution is -0.152. The summed E-state index contributed by atoms with van der Waals surface area (Å²) in [6.07, 6.45) is -6.24. The van der Waals surface area contributed by atoms with Gasteiger partial charge in [0.15, 0.2) is 10.8 Å². The summed E-state index contributed by atoms with van der Waals surface area (Å²) in [5.41, 5.74) is 3.58. The zero-order valence-electron chi connectivity index (χ0n) is 23.6. The van der Waals surface area contributed by atoms with E-state index >= 15 is 0 Å². The molecule has 3 heterocycles. The van der Waals surface area contributed by atoms with Crippen molar-refractivity contribution in [2.24, 2.45) is 5.16 Å². The van der Waals surface area contributed by atoms with Crippen LogP contribution >= 0.6 is 11.3 Å².